The van der Waals surface area contributed by atoms with Crippen molar-refractivity contribution >= 4 is 11.0 Å². The second kappa shape index (κ2) is 5.78. The number of halogens is 1. The predicted molar refractivity (Wildman–Crippen MR) is 80.8 cm³/mol. The average Bonchev–Trinajstić information content (AvgIpc) is 3.06. The SMILES string of the molecule is CCCNC(c1cc2cc(F)ccc2o1)C1(C)CCCO1. The summed E-state index contributed by atoms with van der Waals surface area (Å²) in [6.07, 6.45) is 3.11. The molecule has 114 valence electrons. The summed E-state index contributed by atoms with van der Waals surface area (Å²) in [5.74, 6) is 0.588. The lowest BCUT2D eigenvalue weighted by molar-refractivity contribution is -0.0177. The third-order valence-corrected chi connectivity index (χ3v) is 4.24. The first-order chi connectivity index (χ1) is 10.1. The summed E-state index contributed by atoms with van der Waals surface area (Å²) in [6, 6.07) is 6.55. The number of hydrogen-bond acceptors (Lipinski definition) is 3. The van der Waals surface area contributed by atoms with E-state index >= 15 is 0 Å². The minimum atomic E-state index is -0.262. The summed E-state index contributed by atoms with van der Waals surface area (Å²) in [5, 5.41) is 4.33. The van der Waals surface area contributed by atoms with Crippen LogP contribution in [-0.2, 0) is 4.74 Å². The molecular formula is C17H22FNO2. The van der Waals surface area contributed by atoms with Crippen LogP contribution in [0.3, 0.4) is 0 Å². The smallest absolute Gasteiger partial charge is 0.134 e. The molecule has 0 amide bonds. The molecule has 1 aliphatic rings. The van der Waals surface area contributed by atoms with Crippen molar-refractivity contribution in [3.8, 4) is 0 Å². The lowest BCUT2D eigenvalue weighted by Gasteiger charge is -2.32. The fourth-order valence-electron chi connectivity index (χ4n) is 3.11. The summed E-state index contributed by atoms with van der Waals surface area (Å²) in [7, 11) is 0. The molecule has 0 radical (unpaired) electrons. The van der Waals surface area contributed by atoms with Crippen molar-refractivity contribution in [1.82, 2.24) is 5.32 Å². The van der Waals surface area contributed by atoms with Gasteiger partial charge in [0.05, 0.1) is 11.6 Å². The second-order valence-electron chi connectivity index (χ2n) is 5.98. The van der Waals surface area contributed by atoms with Gasteiger partial charge in [-0.05, 0) is 57.0 Å². The molecule has 1 fully saturated rings. The van der Waals surface area contributed by atoms with Crippen molar-refractivity contribution in [3.63, 3.8) is 0 Å². The van der Waals surface area contributed by atoms with Crippen LogP contribution in [0, 0.1) is 5.82 Å². The minimum absolute atomic E-state index is 0.00425. The first-order valence-electron chi connectivity index (χ1n) is 7.69. The van der Waals surface area contributed by atoms with Crippen LogP contribution in [-0.4, -0.2) is 18.8 Å². The number of ether oxygens (including phenoxy) is 1. The zero-order valence-corrected chi connectivity index (χ0v) is 12.6. The van der Waals surface area contributed by atoms with Crippen molar-refractivity contribution in [2.24, 2.45) is 0 Å². The van der Waals surface area contributed by atoms with Gasteiger partial charge in [-0.3, -0.25) is 0 Å². The standard InChI is InChI=1S/C17H22FNO2/c1-3-8-19-16(17(2)7-4-9-20-17)15-11-12-10-13(18)5-6-14(12)21-15/h5-6,10-11,16,19H,3-4,7-9H2,1-2H3. The van der Waals surface area contributed by atoms with E-state index in [4.69, 9.17) is 9.15 Å². The minimum Gasteiger partial charge on any atom is -0.459 e. The lowest BCUT2D eigenvalue weighted by Crippen LogP contribution is -2.41. The molecule has 3 rings (SSSR count). The summed E-state index contributed by atoms with van der Waals surface area (Å²) >= 11 is 0. The number of hydrogen-bond donors (Lipinski definition) is 1. The summed E-state index contributed by atoms with van der Waals surface area (Å²) in [4.78, 5) is 0. The van der Waals surface area contributed by atoms with Crippen molar-refractivity contribution in [2.75, 3.05) is 13.2 Å². The van der Waals surface area contributed by atoms with Crippen LogP contribution in [0.5, 0.6) is 0 Å². The number of rotatable bonds is 5. The van der Waals surface area contributed by atoms with Crippen molar-refractivity contribution in [3.05, 3.63) is 35.8 Å². The van der Waals surface area contributed by atoms with E-state index in [0.717, 1.165) is 49.1 Å². The molecule has 4 heteroatoms. The summed E-state index contributed by atoms with van der Waals surface area (Å²) < 4.78 is 25.3. The maximum atomic E-state index is 13.3. The van der Waals surface area contributed by atoms with E-state index in [1.165, 1.54) is 12.1 Å². The Labute approximate surface area is 124 Å². The summed E-state index contributed by atoms with van der Waals surface area (Å²) in [6.45, 7) is 5.95. The van der Waals surface area contributed by atoms with E-state index in [0.29, 0.717) is 0 Å². The van der Waals surface area contributed by atoms with Gasteiger partial charge in [0.15, 0.2) is 0 Å². The number of furan rings is 1. The molecule has 0 spiro atoms. The number of nitrogens with one attached hydrogen (secondary N) is 1. The van der Waals surface area contributed by atoms with Gasteiger partial charge in [-0.2, -0.15) is 0 Å². The van der Waals surface area contributed by atoms with Gasteiger partial charge < -0.3 is 14.5 Å². The first-order valence-corrected chi connectivity index (χ1v) is 7.69. The summed E-state index contributed by atoms with van der Waals surface area (Å²) in [5.41, 5.74) is 0.456. The number of benzene rings is 1. The Bertz CT molecular complexity index is 616. The van der Waals surface area contributed by atoms with Gasteiger partial charge in [-0.15, -0.1) is 0 Å². The zero-order valence-electron chi connectivity index (χ0n) is 12.6. The second-order valence-corrected chi connectivity index (χ2v) is 5.98. The van der Waals surface area contributed by atoms with Crippen molar-refractivity contribution < 1.29 is 13.5 Å². The van der Waals surface area contributed by atoms with E-state index in [1.807, 2.05) is 6.07 Å². The fraction of sp³-hybridized carbons (Fsp3) is 0.529. The molecule has 1 saturated heterocycles. The quantitative estimate of drug-likeness (QED) is 0.897. The fourth-order valence-corrected chi connectivity index (χ4v) is 3.11. The maximum absolute atomic E-state index is 13.3. The monoisotopic (exact) mass is 291 g/mol. The molecule has 21 heavy (non-hydrogen) atoms. The van der Waals surface area contributed by atoms with Crippen LogP contribution in [0.2, 0.25) is 0 Å². The normalized spacial score (nSPS) is 23.8. The molecule has 0 saturated carbocycles. The van der Waals surface area contributed by atoms with Gasteiger partial charge in [-0.25, -0.2) is 4.39 Å². The Morgan fingerprint density at radius 3 is 2.95 bits per heavy atom. The van der Waals surface area contributed by atoms with E-state index in [-0.39, 0.29) is 17.5 Å². The Balaban J connectivity index is 1.96. The Morgan fingerprint density at radius 2 is 2.24 bits per heavy atom. The van der Waals surface area contributed by atoms with Crippen molar-refractivity contribution in [2.45, 2.75) is 44.8 Å². The van der Waals surface area contributed by atoms with Gasteiger partial charge in [-0.1, -0.05) is 6.92 Å². The molecule has 2 aromatic rings. The molecule has 0 aliphatic carbocycles. The molecule has 2 atom stereocenters. The topological polar surface area (TPSA) is 34.4 Å². The van der Waals surface area contributed by atoms with Gasteiger partial charge in [0.1, 0.15) is 17.2 Å². The highest BCUT2D eigenvalue weighted by Gasteiger charge is 2.40. The molecule has 2 heterocycles. The predicted octanol–water partition coefficient (Wildman–Crippen LogP) is 4.18. The largest absolute Gasteiger partial charge is 0.459 e. The van der Waals surface area contributed by atoms with E-state index in [1.54, 1.807) is 6.07 Å². The van der Waals surface area contributed by atoms with Crippen LogP contribution >= 0.6 is 0 Å². The molecular weight excluding hydrogens is 269 g/mol. The maximum Gasteiger partial charge on any atom is 0.134 e. The van der Waals surface area contributed by atoms with Crippen LogP contribution in [0.1, 0.15) is 44.9 Å². The van der Waals surface area contributed by atoms with Crippen molar-refractivity contribution in [1.29, 1.82) is 0 Å². The highest BCUT2D eigenvalue weighted by Crippen LogP contribution is 2.39. The first kappa shape index (κ1) is 14.5. The Morgan fingerprint density at radius 1 is 1.38 bits per heavy atom. The average molecular weight is 291 g/mol. The third kappa shape index (κ3) is 2.83. The van der Waals surface area contributed by atoms with Gasteiger partial charge in [0.25, 0.3) is 0 Å². The Hall–Kier alpha value is -1.39. The highest BCUT2D eigenvalue weighted by molar-refractivity contribution is 5.78. The van der Waals surface area contributed by atoms with Crippen LogP contribution in [0.25, 0.3) is 11.0 Å². The van der Waals surface area contributed by atoms with Crippen LogP contribution < -0.4 is 5.32 Å². The molecule has 3 nitrogen and oxygen atoms in total. The van der Waals surface area contributed by atoms with Gasteiger partial charge in [0, 0.05) is 12.0 Å². The Kier molecular flexibility index (Phi) is 4.00. The van der Waals surface area contributed by atoms with Gasteiger partial charge >= 0.3 is 0 Å². The highest BCUT2D eigenvalue weighted by atomic mass is 19.1. The zero-order chi connectivity index (χ0) is 14.9. The van der Waals surface area contributed by atoms with Gasteiger partial charge in [0.2, 0.25) is 0 Å². The number of fused-ring (bicyclic) bond motifs is 1. The van der Waals surface area contributed by atoms with E-state index in [9.17, 15) is 4.39 Å². The molecule has 1 N–H and O–H groups in total. The molecule has 1 aromatic heterocycles. The van der Waals surface area contributed by atoms with Crippen LogP contribution in [0.4, 0.5) is 4.39 Å². The van der Waals surface area contributed by atoms with Crippen LogP contribution in [0.15, 0.2) is 28.7 Å². The molecule has 0 bridgehead atoms. The molecule has 1 aromatic carbocycles. The lowest BCUT2D eigenvalue weighted by atomic mass is 9.91. The van der Waals surface area contributed by atoms with E-state index < -0.39 is 0 Å². The molecule has 1 aliphatic heterocycles. The molecule has 2 unspecified atom stereocenters. The van der Waals surface area contributed by atoms with E-state index in [2.05, 4.69) is 19.2 Å². The third-order valence-electron chi connectivity index (χ3n) is 4.24.